The van der Waals surface area contributed by atoms with E-state index in [-0.39, 0.29) is 32.6 Å². The fraction of sp³-hybridized carbons (Fsp3) is 0.0909. The molecule has 0 fully saturated rings. The van der Waals surface area contributed by atoms with Gasteiger partial charge in [0.05, 0.1) is 28.9 Å². The number of ether oxygens (including phenoxy) is 1. The number of anilines is 2. The molecule has 0 radical (unpaired) electrons. The van der Waals surface area contributed by atoms with Gasteiger partial charge in [-0.3, -0.25) is 9.10 Å². The highest BCUT2D eigenvalue weighted by atomic mass is 35.5. The van der Waals surface area contributed by atoms with Gasteiger partial charge in [0.25, 0.3) is 10.0 Å². The number of para-hydroxylation sites is 1. The average molecular weight is 475 g/mol. The van der Waals surface area contributed by atoms with E-state index in [1.165, 1.54) is 55.6 Å². The van der Waals surface area contributed by atoms with Crippen molar-refractivity contribution in [3.8, 4) is 5.75 Å². The summed E-state index contributed by atoms with van der Waals surface area (Å²) in [4.78, 5) is 24.2. The van der Waals surface area contributed by atoms with Crippen LogP contribution in [0.5, 0.6) is 5.75 Å². The Kier molecular flexibility index (Phi) is 7.01. The van der Waals surface area contributed by atoms with Crippen LogP contribution in [0.2, 0.25) is 5.02 Å². The number of hydrogen-bond donors (Lipinski definition) is 2. The summed E-state index contributed by atoms with van der Waals surface area (Å²) in [7, 11) is -2.84. The molecule has 2 N–H and O–H groups in total. The Morgan fingerprint density at radius 3 is 2.34 bits per heavy atom. The van der Waals surface area contributed by atoms with Gasteiger partial charge in [-0.2, -0.15) is 0 Å². The largest absolute Gasteiger partial charge is 0.495 e. The zero-order valence-corrected chi connectivity index (χ0v) is 18.4. The van der Waals surface area contributed by atoms with Crippen molar-refractivity contribution in [2.45, 2.75) is 4.90 Å². The third-order valence-corrected chi connectivity index (χ3v) is 6.47. The maximum atomic E-state index is 13.4. The standard InChI is InChI=1S/C22H19ClN2O6S/c1-31-20-12-11-15(23)13-19(20)25(32(29,30)16-7-3-2-4-8-16)14-21(26)24-18-10-6-5-9-17(18)22(27)28/h2-13H,14H2,1H3,(H,24,26)(H,27,28). The molecule has 166 valence electrons. The molecule has 0 bridgehead atoms. The number of halogens is 1. The predicted octanol–water partition coefficient (Wildman–Crippen LogP) is 3.88. The summed E-state index contributed by atoms with van der Waals surface area (Å²) in [5.41, 5.74) is -0.0238. The predicted molar refractivity (Wildman–Crippen MR) is 121 cm³/mol. The molecule has 0 heterocycles. The highest BCUT2D eigenvalue weighted by Gasteiger charge is 2.30. The van der Waals surface area contributed by atoms with Crippen molar-refractivity contribution in [3.63, 3.8) is 0 Å². The Morgan fingerprint density at radius 1 is 1.03 bits per heavy atom. The molecule has 0 unspecified atom stereocenters. The van der Waals surface area contributed by atoms with Crippen LogP contribution in [0.25, 0.3) is 0 Å². The van der Waals surface area contributed by atoms with Gasteiger partial charge in [0, 0.05) is 5.02 Å². The summed E-state index contributed by atoms with van der Waals surface area (Å²) in [6, 6.07) is 17.8. The van der Waals surface area contributed by atoms with Crippen LogP contribution in [0.15, 0.2) is 77.7 Å². The summed E-state index contributed by atoms with van der Waals surface area (Å²) >= 11 is 6.09. The SMILES string of the molecule is COc1ccc(Cl)cc1N(CC(=O)Nc1ccccc1C(=O)O)S(=O)(=O)c1ccccc1. The van der Waals surface area contributed by atoms with Crippen LogP contribution in [0.4, 0.5) is 11.4 Å². The first-order chi connectivity index (χ1) is 15.2. The molecule has 0 aliphatic heterocycles. The molecular formula is C22H19ClN2O6S. The molecule has 3 aromatic carbocycles. The van der Waals surface area contributed by atoms with E-state index in [1.807, 2.05) is 0 Å². The number of aromatic carboxylic acids is 1. The van der Waals surface area contributed by atoms with Gasteiger partial charge in [0.15, 0.2) is 0 Å². The number of carbonyl (C=O) groups excluding carboxylic acids is 1. The minimum atomic E-state index is -4.20. The van der Waals surface area contributed by atoms with Gasteiger partial charge in [0.2, 0.25) is 5.91 Å². The van der Waals surface area contributed by atoms with Crippen molar-refractivity contribution < 1.29 is 27.9 Å². The first kappa shape index (κ1) is 23.1. The molecule has 0 saturated heterocycles. The van der Waals surface area contributed by atoms with Crippen LogP contribution >= 0.6 is 11.6 Å². The van der Waals surface area contributed by atoms with Gasteiger partial charge in [0.1, 0.15) is 12.3 Å². The number of sulfonamides is 1. The summed E-state index contributed by atoms with van der Waals surface area (Å²) in [6.07, 6.45) is 0. The van der Waals surface area contributed by atoms with Crippen LogP contribution in [-0.2, 0) is 14.8 Å². The first-order valence-electron chi connectivity index (χ1n) is 9.27. The summed E-state index contributed by atoms with van der Waals surface area (Å²) in [5.74, 6) is -1.79. The lowest BCUT2D eigenvalue weighted by atomic mass is 10.2. The molecule has 0 spiro atoms. The molecule has 10 heteroatoms. The van der Waals surface area contributed by atoms with E-state index in [1.54, 1.807) is 24.3 Å². The van der Waals surface area contributed by atoms with Crippen molar-refractivity contribution in [2.24, 2.45) is 0 Å². The number of carbonyl (C=O) groups is 2. The summed E-state index contributed by atoms with van der Waals surface area (Å²) in [5, 5.41) is 12.0. The molecule has 1 amide bonds. The van der Waals surface area contributed by atoms with Crippen LogP contribution in [0.1, 0.15) is 10.4 Å². The maximum Gasteiger partial charge on any atom is 0.337 e. The molecule has 3 rings (SSSR count). The number of methoxy groups -OCH3 is 1. The highest BCUT2D eigenvalue weighted by Crippen LogP contribution is 2.34. The van der Waals surface area contributed by atoms with E-state index < -0.39 is 28.4 Å². The maximum absolute atomic E-state index is 13.4. The lowest BCUT2D eigenvalue weighted by Gasteiger charge is -2.26. The van der Waals surface area contributed by atoms with E-state index in [0.29, 0.717) is 0 Å². The summed E-state index contributed by atoms with van der Waals surface area (Å²) in [6.45, 7) is -0.651. The molecule has 8 nitrogen and oxygen atoms in total. The number of nitrogens with zero attached hydrogens (tertiary/aromatic N) is 1. The van der Waals surface area contributed by atoms with E-state index in [0.717, 1.165) is 4.31 Å². The first-order valence-corrected chi connectivity index (χ1v) is 11.1. The Morgan fingerprint density at radius 2 is 1.69 bits per heavy atom. The number of benzene rings is 3. The second kappa shape index (κ2) is 9.71. The topological polar surface area (TPSA) is 113 Å². The van der Waals surface area contributed by atoms with Crippen LogP contribution in [0.3, 0.4) is 0 Å². The number of amides is 1. The minimum Gasteiger partial charge on any atom is -0.495 e. The molecule has 0 aliphatic carbocycles. The Balaban J connectivity index is 2.04. The second-order valence-electron chi connectivity index (χ2n) is 6.54. The van der Waals surface area contributed by atoms with Crippen molar-refractivity contribution in [2.75, 3.05) is 23.3 Å². The zero-order chi connectivity index (χ0) is 23.3. The molecule has 3 aromatic rings. The molecule has 0 atom stereocenters. The quantitative estimate of drug-likeness (QED) is 0.512. The van der Waals surface area contributed by atoms with Crippen molar-refractivity contribution >= 4 is 44.9 Å². The average Bonchev–Trinajstić information content (AvgIpc) is 2.78. The van der Waals surface area contributed by atoms with Crippen molar-refractivity contribution in [3.05, 3.63) is 83.4 Å². The number of hydrogen-bond acceptors (Lipinski definition) is 5. The molecule has 32 heavy (non-hydrogen) atoms. The Hall–Kier alpha value is -3.56. The van der Waals surface area contributed by atoms with E-state index in [4.69, 9.17) is 16.3 Å². The van der Waals surface area contributed by atoms with Gasteiger partial charge >= 0.3 is 5.97 Å². The lowest BCUT2D eigenvalue weighted by Crippen LogP contribution is -2.38. The third-order valence-electron chi connectivity index (χ3n) is 4.46. The van der Waals surface area contributed by atoms with Crippen LogP contribution in [-0.4, -0.2) is 39.1 Å². The fourth-order valence-electron chi connectivity index (χ4n) is 2.98. The Labute approximate surface area is 190 Å². The monoisotopic (exact) mass is 474 g/mol. The van der Waals surface area contributed by atoms with E-state index >= 15 is 0 Å². The van der Waals surface area contributed by atoms with Crippen molar-refractivity contribution in [1.29, 1.82) is 0 Å². The number of nitrogens with one attached hydrogen (secondary N) is 1. The third kappa shape index (κ3) is 5.01. The summed E-state index contributed by atoms with van der Waals surface area (Å²) < 4.78 is 33.0. The van der Waals surface area contributed by atoms with Gasteiger partial charge in [-0.05, 0) is 42.5 Å². The minimum absolute atomic E-state index is 0.0410. The van der Waals surface area contributed by atoms with Gasteiger partial charge in [-0.1, -0.05) is 41.9 Å². The molecular weight excluding hydrogens is 456 g/mol. The fourth-order valence-corrected chi connectivity index (χ4v) is 4.59. The zero-order valence-electron chi connectivity index (χ0n) is 16.9. The van der Waals surface area contributed by atoms with Gasteiger partial charge < -0.3 is 15.2 Å². The highest BCUT2D eigenvalue weighted by molar-refractivity contribution is 7.92. The van der Waals surface area contributed by atoms with E-state index in [2.05, 4.69) is 5.32 Å². The number of carboxylic acids is 1. The van der Waals surface area contributed by atoms with Gasteiger partial charge in [-0.25, -0.2) is 13.2 Å². The normalized spacial score (nSPS) is 10.9. The number of carboxylic acid groups (broad SMARTS) is 1. The van der Waals surface area contributed by atoms with Crippen LogP contribution in [0, 0.1) is 0 Å². The van der Waals surface area contributed by atoms with E-state index in [9.17, 15) is 23.1 Å². The molecule has 0 saturated carbocycles. The van der Waals surface area contributed by atoms with Crippen LogP contribution < -0.4 is 14.4 Å². The lowest BCUT2D eigenvalue weighted by molar-refractivity contribution is -0.114. The Bertz CT molecular complexity index is 1250. The van der Waals surface area contributed by atoms with Crippen molar-refractivity contribution in [1.82, 2.24) is 0 Å². The molecule has 0 aromatic heterocycles. The number of rotatable bonds is 8. The second-order valence-corrected chi connectivity index (χ2v) is 8.84. The smallest absolute Gasteiger partial charge is 0.337 e. The molecule has 0 aliphatic rings. The van der Waals surface area contributed by atoms with Gasteiger partial charge in [-0.15, -0.1) is 0 Å².